The maximum Gasteiger partial charge on any atom is 0.358 e. The molecule has 1 heterocycles. The first-order chi connectivity index (χ1) is 8.08. The number of nitrogens with zero attached hydrogens (tertiary/aromatic N) is 2. The third-order valence-electron chi connectivity index (χ3n) is 2.16. The first-order valence-electron chi connectivity index (χ1n) is 5.60. The second-order valence-electron chi connectivity index (χ2n) is 3.56. The van der Waals surface area contributed by atoms with Crippen molar-refractivity contribution < 1.29 is 18.3 Å². The van der Waals surface area contributed by atoms with Crippen LogP contribution >= 0.6 is 0 Å². The number of aryl methyl sites for hydroxylation is 1. The number of ether oxygens (including phenoxy) is 1. The van der Waals surface area contributed by atoms with Gasteiger partial charge in [-0.2, -0.15) is 5.10 Å². The molecule has 17 heavy (non-hydrogen) atoms. The van der Waals surface area contributed by atoms with Crippen molar-refractivity contribution in [2.24, 2.45) is 0 Å². The van der Waals surface area contributed by atoms with Crippen LogP contribution in [-0.2, 0) is 17.7 Å². The number of halogens is 2. The number of carbonyl (C=O) groups is 1. The highest BCUT2D eigenvalue weighted by Crippen LogP contribution is 2.11. The lowest BCUT2D eigenvalue weighted by Crippen LogP contribution is -2.12. The van der Waals surface area contributed by atoms with E-state index in [0.717, 1.165) is 6.42 Å². The summed E-state index contributed by atoms with van der Waals surface area (Å²) in [5.41, 5.74) is 0.729. The first-order valence-corrected chi connectivity index (χ1v) is 5.60. The molecule has 1 aromatic rings. The Morgan fingerprint density at radius 2 is 2.24 bits per heavy atom. The van der Waals surface area contributed by atoms with E-state index in [2.05, 4.69) is 5.10 Å². The third kappa shape index (κ3) is 3.80. The minimum Gasteiger partial charge on any atom is -0.461 e. The SMILES string of the molecule is CCCc1cc(C(=O)OCC)nn1CC(F)F. The van der Waals surface area contributed by atoms with Crippen molar-refractivity contribution in [1.82, 2.24) is 9.78 Å². The molecule has 0 amide bonds. The van der Waals surface area contributed by atoms with E-state index in [0.29, 0.717) is 12.1 Å². The molecule has 0 atom stereocenters. The van der Waals surface area contributed by atoms with Gasteiger partial charge in [-0.15, -0.1) is 0 Å². The van der Waals surface area contributed by atoms with Gasteiger partial charge in [0.2, 0.25) is 0 Å². The minimum absolute atomic E-state index is 0.0935. The number of aromatic nitrogens is 2. The van der Waals surface area contributed by atoms with Crippen LogP contribution in [0.5, 0.6) is 0 Å². The summed E-state index contributed by atoms with van der Waals surface area (Å²) in [7, 11) is 0. The van der Waals surface area contributed by atoms with E-state index in [1.165, 1.54) is 10.7 Å². The van der Waals surface area contributed by atoms with Crippen LogP contribution in [0.4, 0.5) is 8.78 Å². The smallest absolute Gasteiger partial charge is 0.358 e. The molecule has 96 valence electrons. The van der Waals surface area contributed by atoms with Crippen molar-refractivity contribution in [3.05, 3.63) is 17.5 Å². The summed E-state index contributed by atoms with van der Waals surface area (Å²) < 4.78 is 30.6. The fraction of sp³-hybridized carbons (Fsp3) is 0.636. The number of esters is 1. The van der Waals surface area contributed by atoms with Gasteiger partial charge in [0, 0.05) is 5.69 Å². The third-order valence-corrected chi connectivity index (χ3v) is 2.16. The molecular formula is C11H16F2N2O2. The van der Waals surface area contributed by atoms with Gasteiger partial charge in [0.05, 0.1) is 6.61 Å². The predicted octanol–water partition coefficient (Wildman–Crippen LogP) is 2.28. The lowest BCUT2D eigenvalue weighted by Gasteiger charge is -2.04. The molecule has 4 nitrogen and oxygen atoms in total. The highest BCUT2D eigenvalue weighted by molar-refractivity contribution is 5.87. The Labute approximate surface area is 98.6 Å². The van der Waals surface area contributed by atoms with E-state index in [-0.39, 0.29) is 12.3 Å². The Hall–Kier alpha value is -1.46. The van der Waals surface area contributed by atoms with Gasteiger partial charge >= 0.3 is 5.97 Å². The van der Waals surface area contributed by atoms with E-state index >= 15 is 0 Å². The summed E-state index contributed by atoms with van der Waals surface area (Å²) in [6.45, 7) is 3.36. The Bertz CT molecular complexity index is 378. The highest BCUT2D eigenvalue weighted by atomic mass is 19.3. The van der Waals surface area contributed by atoms with Gasteiger partial charge in [-0.3, -0.25) is 4.68 Å². The molecule has 1 aromatic heterocycles. The lowest BCUT2D eigenvalue weighted by atomic mass is 10.2. The van der Waals surface area contributed by atoms with E-state index in [1.54, 1.807) is 6.92 Å². The zero-order chi connectivity index (χ0) is 12.8. The van der Waals surface area contributed by atoms with Crippen LogP contribution in [0.1, 0.15) is 36.5 Å². The van der Waals surface area contributed by atoms with Crippen molar-refractivity contribution in [3.63, 3.8) is 0 Å². The molecule has 0 radical (unpaired) electrons. The van der Waals surface area contributed by atoms with Crippen LogP contribution in [0.25, 0.3) is 0 Å². The van der Waals surface area contributed by atoms with Crippen molar-refractivity contribution in [3.8, 4) is 0 Å². The van der Waals surface area contributed by atoms with E-state index in [4.69, 9.17) is 4.74 Å². The van der Waals surface area contributed by atoms with Crippen molar-refractivity contribution >= 4 is 5.97 Å². The molecule has 0 spiro atoms. The summed E-state index contributed by atoms with van der Waals surface area (Å²) in [4.78, 5) is 11.4. The monoisotopic (exact) mass is 246 g/mol. The highest BCUT2D eigenvalue weighted by Gasteiger charge is 2.16. The molecule has 1 rings (SSSR count). The van der Waals surface area contributed by atoms with Gasteiger partial charge in [0.15, 0.2) is 5.69 Å². The van der Waals surface area contributed by atoms with Gasteiger partial charge in [-0.1, -0.05) is 13.3 Å². The molecule has 0 N–H and O–H groups in total. The summed E-state index contributed by atoms with van der Waals surface area (Å²) in [5.74, 6) is -0.571. The average Bonchev–Trinajstić information content (AvgIpc) is 2.62. The molecule has 0 aliphatic heterocycles. The summed E-state index contributed by atoms with van der Waals surface area (Å²) in [6.07, 6.45) is -1.07. The number of alkyl halides is 2. The standard InChI is InChI=1S/C11H16F2N2O2/c1-3-5-8-6-9(11(16)17-4-2)14-15(8)7-10(12)13/h6,10H,3-5,7H2,1-2H3. The van der Waals surface area contributed by atoms with Crippen LogP contribution in [0, 0.1) is 0 Å². The summed E-state index contributed by atoms with van der Waals surface area (Å²) >= 11 is 0. The van der Waals surface area contributed by atoms with Gasteiger partial charge in [0.1, 0.15) is 6.54 Å². The number of hydrogen-bond donors (Lipinski definition) is 0. The number of hydrogen-bond acceptors (Lipinski definition) is 3. The maximum absolute atomic E-state index is 12.3. The minimum atomic E-state index is -2.49. The largest absolute Gasteiger partial charge is 0.461 e. The molecule has 0 fully saturated rings. The Morgan fingerprint density at radius 1 is 1.53 bits per heavy atom. The molecule has 0 aliphatic rings. The lowest BCUT2D eigenvalue weighted by molar-refractivity contribution is 0.0516. The fourth-order valence-corrected chi connectivity index (χ4v) is 1.51. The second kappa shape index (κ2) is 6.32. The molecule has 0 unspecified atom stereocenters. The Morgan fingerprint density at radius 3 is 2.76 bits per heavy atom. The zero-order valence-corrected chi connectivity index (χ0v) is 9.95. The Kier molecular flexibility index (Phi) is 5.06. The van der Waals surface area contributed by atoms with E-state index in [1.807, 2.05) is 6.92 Å². The molecule has 6 heteroatoms. The summed E-state index contributed by atoms with van der Waals surface area (Å²) in [5, 5.41) is 3.85. The normalized spacial score (nSPS) is 10.9. The van der Waals surface area contributed by atoms with Crippen molar-refractivity contribution in [2.75, 3.05) is 6.61 Å². The second-order valence-corrected chi connectivity index (χ2v) is 3.56. The van der Waals surface area contributed by atoms with E-state index < -0.39 is 18.9 Å². The molecule has 0 saturated heterocycles. The average molecular weight is 246 g/mol. The topological polar surface area (TPSA) is 44.1 Å². The number of rotatable bonds is 6. The molecule has 0 aliphatic carbocycles. The zero-order valence-electron chi connectivity index (χ0n) is 9.95. The van der Waals surface area contributed by atoms with Crippen LogP contribution < -0.4 is 0 Å². The maximum atomic E-state index is 12.3. The predicted molar refractivity (Wildman–Crippen MR) is 58.2 cm³/mol. The first kappa shape index (κ1) is 13.6. The quantitative estimate of drug-likeness (QED) is 0.723. The van der Waals surface area contributed by atoms with Crippen LogP contribution in [0.15, 0.2) is 6.07 Å². The fourth-order valence-electron chi connectivity index (χ4n) is 1.51. The Balaban J connectivity index is 2.90. The van der Waals surface area contributed by atoms with Crippen molar-refractivity contribution in [2.45, 2.75) is 39.7 Å². The van der Waals surface area contributed by atoms with Gasteiger partial charge < -0.3 is 4.74 Å². The van der Waals surface area contributed by atoms with Gasteiger partial charge in [0.25, 0.3) is 6.43 Å². The van der Waals surface area contributed by atoms with E-state index in [9.17, 15) is 13.6 Å². The van der Waals surface area contributed by atoms with Crippen LogP contribution in [0.2, 0.25) is 0 Å². The molecular weight excluding hydrogens is 230 g/mol. The van der Waals surface area contributed by atoms with Gasteiger partial charge in [-0.05, 0) is 19.4 Å². The molecule has 0 bridgehead atoms. The number of carbonyl (C=O) groups excluding carboxylic acids is 1. The van der Waals surface area contributed by atoms with Crippen LogP contribution in [0.3, 0.4) is 0 Å². The molecule has 0 saturated carbocycles. The van der Waals surface area contributed by atoms with Crippen molar-refractivity contribution in [1.29, 1.82) is 0 Å². The van der Waals surface area contributed by atoms with Gasteiger partial charge in [-0.25, -0.2) is 13.6 Å². The molecule has 0 aromatic carbocycles. The van der Waals surface area contributed by atoms with Crippen LogP contribution in [-0.4, -0.2) is 28.8 Å². The summed E-state index contributed by atoms with van der Waals surface area (Å²) in [6, 6.07) is 1.52.